The number of benzene rings is 4. The number of nitrogens with zero attached hydrogens (tertiary/aromatic N) is 1. The summed E-state index contributed by atoms with van der Waals surface area (Å²) in [4.78, 5) is 28.6. The normalized spacial score (nSPS) is 16.5. The average molecular weight is 631 g/mol. The lowest BCUT2D eigenvalue weighted by atomic mass is 9.87. The molecule has 9 nitrogen and oxygen atoms in total. The number of methoxy groups -OCH3 is 1. The van der Waals surface area contributed by atoms with Crippen LogP contribution < -0.4 is 19.5 Å². The van der Waals surface area contributed by atoms with Crippen molar-refractivity contribution >= 4 is 21.7 Å². The number of carbonyl (C=O) groups is 2. The van der Waals surface area contributed by atoms with E-state index in [1.807, 2.05) is 24.3 Å². The van der Waals surface area contributed by atoms with E-state index in [0.29, 0.717) is 47.9 Å². The summed E-state index contributed by atoms with van der Waals surface area (Å²) >= 11 is 0. The first-order valence-corrected chi connectivity index (χ1v) is 16.3. The van der Waals surface area contributed by atoms with Gasteiger partial charge in [-0.25, -0.2) is 12.8 Å². The average Bonchev–Trinajstić information content (AvgIpc) is 3.03. The van der Waals surface area contributed by atoms with Crippen LogP contribution in [0.4, 0.5) is 4.39 Å². The topological polar surface area (TPSA) is 111 Å². The molecule has 11 heteroatoms. The molecular formula is C34H31FN2O7S. The fourth-order valence-electron chi connectivity index (χ4n) is 5.66. The Balaban J connectivity index is 1.44. The fraction of sp³-hybridized carbons (Fsp3) is 0.235. The van der Waals surface area contributed by atoms with Gasteiger partial charge in [-0.15, -0.1) is 0 Å². The summed E-state index contributed by atoms with van der Waals surface area (Å²) in [6, 6.07) is 20.6. The predicted molar refractivity (Wildman–Crippen MR) is 164 cm³/mol. The summed E-state index contributed by atoms with van der Waals surface area (Å²) in [5.41, 5.74) is 2.86. The second kappa shape index (κ2) is 12.2. The standard InChI is InChI=1S/C34H31FN2O7S/c1-42-30-13-6-23-19-31(30)43-17-3-15-36-33(38)28-20-25(8-12-29(28)35)44-24-7-11-27-22(18-24)14-16-37(32(23)27)34(39)21-4-9-26(10-5-21)45(2,40)41/h4-13,18-20,32H,3,14-17H2,1-2H3,(H,36,38). The van der Waals surface area contributed by atoms with Crippen LogP contribution in [0.2, 0.25) is 0 Å². The molecule has 0 radical (unpaired) electrons. The van der Waals surface area contributed by atoms with Crippen molar-refractivity contribution in [2.24, 2.45) is 0 Å². The SMILES string of the molecule is COc1ccc2cc1OCCCNC(=O)c1cc(ccc1F)Oc1ccc3c(c1)CCN(C(=O)c1ccc(S(C)(=O)=O)cc1)C23. The van der Waals surface area contributed by atoms with Crippen molar-refractivity contribution in [3.63, 3.8) is 0 Å². The molecule has 4 aromatic carbocycles. The number of sulfone groups is 1. The maximum Gasteiger partial charge on any atom is 0.254 e. The van der Waals surface area contributed by atoms with Crippen LogP contribution in [0.3, 0.4) is 0 Å². The van der Waals surface area contributed by atoms with Crippen LogP contribution in [0.5, 0.6) is 23.0 Å². The molecule has 0 aliphatic carbocycles. The molecule has 1 N–H and O–H groups in total. The van der Waals surface area contributed by atoms with Crippen molar-refractivity contribution in [3.8, 4) is 23.0 Å². The number of halogens is 1. The van der Waals surface area contributed by atoms with Crippen LogP contribution >= 0.6 is 0 Å². The van der Waals surface area contributed by atoms with Crippen LogP contribution in [0, 0.1) is 5.82 Å². The molecule has 1 atom stereocenters. The Morgan fingerprint density at radius 2 is 1.76 bits per heavy atom. The largest absolute Gasteiger partial charge is 0.493 e. The van der Waals surface area contributed by atoms with Crippen molar-refractivity contribution in [2.45, 2.75) is 23.8 Å². The molecule has 0 saturated carbocycles. The highest BCUT2D eigenvalue weighted by Crippen LogP contribution is 2.41. The zero-order valence-electron chi connectivity index (χ0n) is 24.7. The third-order valence-corrected chi connectivity index (χ3v) is 9.05. The molecule has 2 amide bonds. The lowest BCUT2D eigenvalue weighted by Crippen LogP contribution is -2.40. The minimum Gasteiger partial charge on any atom is -0.493 e. The highest BCUT2D eigenvalue weighted by atomic mass is 32.2. The van der Waals surface area contributed by atoms with E-state index in [0.717, 1.165) is 22.9 Å². The van der Waals surface area contributed by atoms with Crippen LogP contribution in [-0.4, -0.2) is 58.2 Å². The summed E-state index contributed by atoms with van der Waals surface area (Å²) in [5.74, 6) is 0.330. The van der Waals surface area contributed by atoms with Gasteiger partial charge in [0.1, 0.15) is 17.3 Å². The summed E-state index contributed by atoms with van der Waals surface area (Å²) in [5, 5.41) is 2.72. The first-order valence-electron chi connectivity index (χ1n) is 14.4. The van der Waals surface area contributed by atoms with Gasteiger partial charge in [0.2, 0.25) is 0 Å². The fourth-order valence-corrected chi connectivity index (χ4v) is 6.29. The molecule has 0 aromatic heterocycles. The zero-order valence-corrected chi connectivity index (χ0v) is 25.5. The number of ether oxygens (including phenoxy) is 3. The molecule has 1 unspecified atom stereocenters. The predicted octanol–water partition coefficient (Wildman–Crippen LogP) is 5.33. The van der Waals surface area contributed by atoms with Crippen molar-refractivity contribution in [1.29, 1.82) is 0 Å². The molecule has 3 aliphatic heterocycles. The molecule has 8 bridgehead atoms. The van der Waals surface area contributed by atoms with E-state index in [1.165, 1.54) is 49.6 Å². The third kappa shape index (κ3) is 6.21. The number of nitrogens with one attached hydrogen (secondary N) is 1. The summed E-state index contributed by atoms with van der Waals surface area (Å²) in [7, 11) is -1.88. The Labute approximate surface area is 260 Å². The van der Waals surface area contributed by atoms with Crippen LogP contribution in [0.25, 0.3) is 0 Å². The number of amides is 2. The molecule has 232 valence electrons. The Morgan fingerprint density at radius 3 is 2.51 bits per heavy atom. The number of hydrogen-bond acceptors (Lipinski definition) is 7. The number of fused-ring (bicyclic) bond motifs is 6. The molecule has 0 fully saturated rings. The molecule has 4 aromatic rings. The minimum absolute atomic E-state index is 0.124. The van der Waals surface area contributed by atoms with Crippen molar-refractivity contribution in [2.75, 3.05) is 33.1 Å². The second-order valence-corrected chi connectivity index (χ2v) is 12.9. The number of carbonyl (C=O) groups excluding carboxylic acids is 2. The maximum absolute atomic E-state index is 14.6. The van der Waals surface area contributed by atoms with Crippen LogP contribution in [0.15, 0.2) is 83.8 Å². The summed E-state index contributed by atoms with van der Waals surface area (Å²) < 4.78 is 56.2. The number of hydrogen-bond donors (Lipinski definition) is 1. The molecule has 0 saturated heterocycles. The third-order valence-electron chi connectivity index (χ3n) is 7.92. The van der Waals surface area contributed by atoms with E-state index >= 15 is 0 Å². The Hall–Kier alpha value is -4.90. The summed E-state index contributed by atoms with van der Waals surface area (Å²) in [6.45, 7) is 0.862. The monoisotopic (exact) mass is 630 g/mol. The Morgan fingerprint density at radius 1 is 1.00 bits per heavy atom. The maximum atomic E-state index is 14.6. The molecule has 45 heavy (non-hydrogen) atoms. The lowest BCUT2D eigenvalue weighted by molar-refractivity contribution is 0.0694. The molecule has 3 heterocycles. The lowest BCUT2D eigenvalue weighted by Gasteiger charge is -2.38. The van der Waals surface area contributed by atoms with E-state index in [1.54, 1.807) is 17.0 Å². The zero-order chi connectivity index (χ0) is 31.7. The Kier molecular flexibility index (Phi) is 8.20. The van der Waals surface area contributed by atoms with E-state index in [4.69, 9.17) is 14.2 Å². The van der Waals surface area contributed by atoms with Gasteiger partial charge in [0.05, 0.1) is 30.2 Å². The first kappa shape index (κ1) is 30.1. The van der Waals surface area contributed by atoms with Crippen molar-refractivity contribution in [3.05, 3.63) is 112 Å². The smallest absolute Gasteiger partial charge is 0.254 e. The van der Waals surface area contributed by atoms with Gasteiger partial charge in [0.15, 0.2) is 21.3 Å². The van der Waals surface area contributed by atoms with Gasteiger partial charge < -0.3 is 24.4 Å². The highest BCUT2D eigenvalue weighted by Gasteiger charge is 2.34. The molecule has 7 rings (SSSR count). The molecule has 0 spiro atoms. The van der Waals surface area contributed by atoms with Gasteiger partial charge in [0, 0.05) is 24.9 Å². The van der Waals surface area contributed by atoms with E-state index in [9.17, 15) is 22.4 Å². The van der Waals surface area contributed by atoms with E-state index in [-0.39, 0.29) is 29.5 Å². The van der Waals surface area contributed by atoms with Crippen LogP contribution in [0.1, 0.15) is 49.9 Å². The Bertz CT molecular complexity index is 1890. The van der Waals surface area contributed by atoms with Gasteiger partial charge in [-0.05, 0) is 96.3 Å². The molecule has 3 aliphatic rings. The van der Waals surface area contributed by atoms with E-state index in [2.05, 4.69) is 5.32 Å². The van der Waals surface area contributed by atoms with Gasteiger partial charge in [-0.2, -0.15) is 0 Å². The van der Waals surface area contributed by atoms with Gasteiger partial charge >= 0.3 is 0 Å². The van der Waals surface area contributed by atoms with Gasteiger partial charge in [-0.1, -0.05) is 12.1 Å². The minimum atomic E-state index is -3.42. The first-order chi connectivity index (χ1) is 21.6. The van der Waals surface area contributed by atoms with E-state index < -0.39 is 27.6 Å². The summed E-state index contributed by atoms with van der Waals surface area (Å²) in [6.07, 6.45) is 2.09. The second-order valence-electron chi connectivity index (χ2n) is 10.9. The molecular weight excluding hydrogens is 599 g/mol. The van der Waals surface area contributed by atoms with Crippen LogP contribution in [-0.2, 0) is 16.3 Å². The van der Waals surface area contributed by atoms with Gasteiger partial charge in [-0.3, -0.25) is 9.59 Å². The number of rotatable bonds is 3. The van der Waals surface area contributed by atoms with Crippen molar-refractivity contribution < 1.29 is 36.6 Å². The quantitative estimate of drug-likeness (QED) is 0.326. The highest BCUT2D eigenvalue weighted by molar-refractivity contribution is 7.90. The van der Waals surface area contributed by atoms with Crippen molar-refractivity contribution in [1.82, 2.24) is 10.2 Å². The van der Waals surface area contributed by atoms with Gasteiger partial charge in [0.25, 0.3) is 11.8 Å².